The summed E-state index contributed by atoms with van der Waals surface area (Å²) in [6.07, 6.45) is 4.72. The molecule has 0 radical (unpaired) electrons. The Bertz CT molecular complexity index is 691. The van der Waals surface area contributed by atoms with Crippen LogP contribution in [0, 0.1) is 12.3 Å². The van der Waals surface area contributed by atoms with Gasteiger partial charge in [-0.15, -0.1) is 6.42 Å². The second kappa shape index (κ2) is 5.78. The van der Waals surface area contributed by atoms with Crippen LogP contribution in [0.3, 0.4) is 0 Å². The van der Waals surface area contributed by atoms with E-state index in [4.69, 9.17) is 15.9 Å². The zero-order valence-corrected chi connectivity index (χ0v) is 11.4. The molecule has 1 aliphatic heterocycles. The average molecular weight is 281 g/mol. The molecular weight excluding hydrogens is 266 g/mol. The van der Waals surface area contributed by atoms with E-state index in [0.29, 0.717) is 18.0 Å². The summed E-state index contributed by atoms with van der Waals surface area (Å²) in [5, 5.41) is 13.4. The van der Waals surface area contributed by atoms with E-state index in [2.05, 4.69) is 11.2 Å². The van der Waals surface area contributed by atoms with Crippen molar-refractivity contribution in [1.82, 2.24) is 0 Å². The number of aliphatic hydroxyl groups excluding tert-OH is 1. The molecule has 0 bridgehead atoms. The minimum absolute atomic E-state index is 0.228. The predicted molar refractivity (Wildman–Crippen MR) is 80.4 cm³/mol. The molecule has 1 atom stereocenters. The van der Waals surface area contributed by atoms with Crippen molar-refractivity contribution in [2.45, 2.75) is 6.10 Å². The van der Waals surface area contributed by atoms with Gasteiger partial charge >= 0.3 is 0 Å². The van der Waals surface area contributed by atoms with Gasteiger partial charge in [0.1, 0.15) is 0 Å². The number of nitrogens with one attached hydrogen (secondary N) is 1. The lowest BCUT2D eigenvalue weighted by molar-refractivity contribution is 0.173. The van der Waals surface area contributed by atoms with Crippen molar-refractivity contribution in [2.24, 2.45) is 0 Å². The third-order valence-corrected chi connectivity index (χ3v) is 3.31. The predicted octanol–water partition coefficient (Wildman–Crippen LogP) is 2.54. The summed E-state index contributed by atoms with van der Waals surface area (Å²) in [5.74, 6) is 3.96. The Labute approximate surface area is 123 Å². The topological polar surface area (TPSA) is 50.7 Å². The highest BCUT2D eigenvalue weighted by Crippen LogP contribution is 2.34. The van der Waals surface area contributed by atoms with E-state index >= 15 is 0 Å². The monoisotopic (exact) mass is 281 g/mol. The van der Waals surface area contributed by atoms with E-state index in [1.54, 1.807) is 12.1 Å². The molecule has 2 N–H and O–H groups in total. The molecule has 1 unspecified atom stereocenters. The number of fused-ring (bicyclic) bond motifs is 1. The fraction of sp³-hybridized carbons (Fsp3) is 0.176. The van der Waals surface area contributed by atoms with Crippen molar-refractivity contribution >= 4 is 5.69 Å². The van der Waals surface area contributed by atoms with Gasteiger partial charge in [0.15, 0.2) is 11.5 Å². The lowest BCUT2D eigenvalue weighted by Crippen LogP contribution is -2.12. The molecular formula is C17H15NO3. The van der Waals surface area contributed by atoms with Crippen LogP contribution >= 0.6 is 0 Å². The fourth-order valence-corrected chi connectivity index (χ4v) is 2.17. The lowest BCUT2D eigenvalue weighted by Gasteiger charge is -2.14. The van der Waals surface area contributed by atoms with Gasteiger partial charge in [0.05, 0.1) is 6.10 Å². The Morgan fingerprint density at radius 1 is 1.19 bits per heavy atom. The van der Waals surface area contributed by atoms with Crippen LogP contribution in [0.5, 0.6) is 11.5 Å². The molecule has 0 aliphatic carbocycles. The fourth-order valence-electron chi connectivity index (χ4n) is 2.17. The van der Waals surface area contributed by atoms with Crippen molar-refractivity contribution in [2.75, 3.05) is 18.7 Å². The number of hydrogen-bond donors (Lipinski definition) is 2. The van der Waals surface area contributed by atoms with Crippen LogP contribution in [0.2, 0.25) is 0 Å². The second-order valence-electron chi connectivity index (χ2n) is 4.73. The van der Waals surface area contributed by atoms with Gasteiger partial charge in [-0.1, -0.05) is 18.1 Å². The van der Waals surface area contributed by atoms with Gasteiger partial charge in [-0.25, -0.2) is 0 Å². The maximum Gasteiger partial charge on any atom is 0.231 e. The van der Waals surface area contributed by atoms with E-state index in [1.807, 2.05) is 30.3 Å². The molecule has 3 rings (SSSR count). The maximum absolute atomic E-state index is 10.2. The van der Waals surface area contributed by atoms with Crippen LogP contribution in [0.1, 0.15) is 17.2 Å². The largest absolute Gasteiger partial charge is 0.454 e. The minimum Gasteiger partial charge on any atom is -0.454 e. The van der Waals surface area contributed by atoms with Gasteiger partial charge in [-0.05, 0) is 35.9 Å². The molecule has 0 spiro atoms. The molecule has 4 heteroatoms. The lowest BCUT2D eigenvalue weighted by atomic mass is 10.1. The number of hydrogen-bond acceptors (Lipinski definition) is 4. The van der Waals surface area contributed by atoms with Crippen LogP contribution in [-0.2, 0) is 0 Å². The molecule has 0 saturated carbocycles. The van der Waals surface area contributed by atoms with Gasteiger partial charge in [0, 0.05) is 17.8 Å². The molecule has 0 saturated heterocycles. The van der Waals surface area contributed by atoms with Gasteiger partial charge in [0.25, 0.3) is 0 Å². The molecule has 2 aromatic rings. The Morgan fingerprint density at radius 2 is 2.05 bits per heavy atom. The zero-order chi connectivity index (χ0) is 14.7. The summed E-state index contributed by atoms with van der Waals surface area (Å²) in [7, 11) is 0. The highest BCUT2D eigenvalue weighted by atomic mass is 16.7. The van der Waals surface area contributed by atoms with Crippen molar-refractivity contribution in [1.29, 1.82) is 0 Å². The molecule has 0 amide bonds. The van der Waals surface area contributed by atoms with Crippen LogP contribution < -0.4 is 14.8 Å². The zero-order valence-electron chi connectivity index (χ0n) is 11.4. The van der Waals surface area contributed by atoms with Crippen molar-refractivity contribution in [3.8, 4) is 23.8 Å². The molecule has 4 nitrogen and oxygen atoms in total. The summed E-state index contributed by atoms with van der Waals surface area (Å²) < 4.78 is 10.6. The normalized spacial score (nSPS) is 13.5. The van der Waals surface area contributed by atoms with Crippen molar-refractivity contribution in [3.05, 3.63) is 53.6 Å². The van der Waals surface area contributed by atoms with Gasteiger partial charge in [0.2, 0.25) is 6.79 Å². The maximum atomic E-state index is 10.2. The van der Waals surface area contributed by atoms with E-state index in [9.17, 15) is 5.11 Å². The standard InChI is InChI=1S/C17H15NO3/c1-2-12-4-3-5-14(8-12)18-10-15(19)13-6-7-16-17(9-13)21-11-20-16/h1,3-9,15,18-19H,10-11H2. The first-order valence-electron chi connectivity index (χ1n) is 6.64. The number of anilines is 1. The first-order chi connectivity index (χ1) is 10.3. The summed E-state index contributed by atoms with van der Waals surface area (Å²) in [4.78, 5) is 0. The smallest absolute Gasteiger partial charge is 0.231 e. The third-order valence-electron chi connectivity index (χ3n) is 3.31. The number of benzene rings is 2. The minimum atomic E-state index is -0.644. The van der Waals surface area contributed by atoms with Crippen LogP contribution in [0.25, 0.3) is 0 Å². The van der Waals surface area contributed by atoms with E-state index in [0.717, 1.165) is 16.8 Å². The molecule has 0 aromatic heterocycles. The third kappa shape index (κ3) is 2.93. The van der Waals surface area contributed by atoms with Gasteiger partial charge in [-0.3, -0.25) is 0 Å². The van der Waals surface area contributed by atoms with Crippen LogP contribution in [0.4, 0.5) is 5.69 Å². The molecule has 2 aromatic carbocycles. The quantitative estimate of drug-likeness (QED) is 0.846. The molecule has 1 heterocycles. The van der Waals surface area contributed by atoms with Crippen molar-refractivity contribution < 1.29 is 14.6 Å². The molecule has 0 fully saturated rings. The Kier molecular flexibility index (Phi) is 3.67. The summed E-state index contributed by atoms with van der Waals surface area (Å²) in [5.41, 5.74) is 2.46. The Hall–Kier alpha value is -2.64. The molecule has 106 valence electrons. The second-order valence-corrected chi connectivity index (χ2v) is 4.73. The van der Waals surface area contributed by atoms with E-state index in [1.165, 1.54) is 0 Å². The SMILES string of the molecule is C#Cc1cccc(NCC(O)c2ccc3c(c2)OCO3)c1. The van der Waals surface area contributed by atoms with Crippen molar-refractivity contribution in [3.63, 3.8) is 0 Å². The molecule has 21 heavy (non-hydrogen) atoms. The first kappa shape index (κ1) is 13.3. The Balaban J connectivity index is 1.66. The van der Waals surface area contributed by atoms with Crippen LogP contribution in [0.15, 0.2) is 42.5 Å². The van der Waals surface area contributed by atoms with Gasteiger partial charge in [-0.2, -0.15) is 0 Å². The number of ether oxygens (including phenoxy) is 2. The highest BCUT2D eigenvalue weighted by Gasteiger charge is 2.16. The van der Waals surface area contributed by atoms with E-state index < -0.39 is 6.10 Å². The average Bonchev–Trinajstić information content (AvgIpc) is 3.00. The summed E-state index contributed by atoms with van der Waals surface area (Å²) in [6.45, 7) is 0.611. The van der Waals surface area contributed by atoms with Crippen LogP contribution in [-0.4, -0.2) is 18.4 Å². The summed E-state index contributed by atoms with van der Waals surface area (Å²) >= 11 is 0. The Morgan fingerprint density at radius 3 is 2.90 bits per heavy atom. The number of rotatable bonds is 4. The highest BCUT2D eigenvalue weighted by molar-refractivity contribution is 5.50. The number of aliphatic hydroxyl groups is 1. The first-order valence-corrected chi connectivity index (χ1v) is 6.64. The molecule has 1 aliphatic rings. The summed E-state index contributed by atoms with van der Waals surface area (Å²) in [6, 6.07) is 13.0. The number of terminal acetylenes is 1. The van der Waals surface area contributed by atoms with E-state index in [-0.39, 0.29) is 6.79 Å². The van der Waals surface area contributed by atoms with Gasteiger partial charge < -0.3 is 19.9 Å².